The lowest BCUT2D eigenvalue weighted by Gasteiger charge is -2.35. The van der Waals surface area contributed by atoms with Crippen LogP contribution in [0.25, 0.3) is 0 Å². The highest BCUT2D eigenvalue weighted by atomic mass is 16.5. The molecule has 2 saturated heterocycles. The third-order valence-corrected chi connectivity index (χ3v) is 3.64. The van der Waals surface area contributed by atoms with Crippen LogP contribution in [0.3, 0.4) is 0 Å². The van der Waals surface area contributed by atoms with E-state index >= 15 is 0 Å². The molecular formula is C13H21NO5. The Bertz CT molecular complexity index is 327. The summed E-state index contributed by atoms with van der Waals surface area (Å²) in [6, 6.07) is 0. The van der Waals surface area contributed by atoms with Crippen LogP contribution in [-0.4, -0.2) is 62.9 Å². The van der Waals surface area contributed by atoms with Crippen LogP contribution in [0.15, 0.2) is 0 Å². The van der Waals surface area contributed by atoms with Gasteiger partial charge in [-0.2, -0.15) is 0 Å². The van der Waals surface area contributed by atoms with E-state index in [1.54, 1.807) is 0 Å². The van der Waals surface area contributed by atoms with Crippen LogP contribution >= 0.6 is 0 Å². The largest absolute Gasteiger partial charge is 0.469 e. The molecule has 0 aliphatic carbocycles. The Labute approximate surface area is 113 Å². The summed E-state index contributed by atoms with van der Waals surface area (Å²) in [7, 11) is 1.36. The molecule has 1 unspecified atom stereocenters. The summed E-state index contributed by atoms with van der Waals surface area (Å²) >= 11 is 0. The first kappa shape index (κ1) is 14.3. The van der Waals surface area contributed by atoms with Crippen molar-refractivity contribution in [3.05, 3.63) is 0 Å². The summed E-state index contributed by atoms with van der Waals surface area (Å²) in [6.45, 7) is 2.88. The molecule has 108 valence electrons. The van der Waals surface area contributed by atoms with Gasteiger partial charge in [0.1, 0.15) is 0 Å². The molecule has 6 heteroatoms. The van der Waals surface area contributed by atoms with Gasteiger partial charge in [0.25, 0.3) is 0 Å². The summed E-state index contributed by atoms with van der Waals surface area (Å²) in [6.07, 6.45) is 1.54. The predicted molar refractivity (Wildman–Crippen MR) is 66.5 cm³/mol. The normalized spacial score (nSPS) is 25.1. The van der Waals surface area contributed by atoms with Gasteiger partial charge in [0.15, 0.2) is 0 Å². The molecule has 2 fully saturated rings. The van der Waals surface area contributed by atoms with Gasteiger partial charge in [0.05, 0.1) is 26.2 Å². The van der Waals surface area contributed by atoms with Crippen LogP contribution in [0.1, 0.15) is 19.3 Å². The smallest absolute Gasteiger partial charge is 0.308 e. The standard InChI is InChI=1S/C13H21NO5/c1-17-12(15)8-11-9-14(4-7-19-11)13(16)10-2-5-18-6-3-10/h10-11H,2-9H2,1H3. The summed E-state index contributed by atoms with van der Waals surface area (Å²) in [5.41, 5.74) is 0. The van der Waals surface area contributed by atoms with Gasteiger partial charge in [0, 0.05) is 32.2 Å². The second-order valence-electron chi connectivity index (χ2n) is 4.94. The molecule has 0 radical (unpaired) electrons. The molecule has 0 N–H and O–H groups in total. The predicted octanol–water partition coefficient (Wildman–Crippen LogP) is 0.204. The molecule has 2 rings (SSSR count). The Balaban J connectivity index is 1.85. The van der Waals surface area contributed by atoms with Crippen molar-refractivity contribution in [2.75, 3.05) is 40.0 Å². The van der Waals surface area contributed by atoms with Gasteiger partial charge in [-0.3, -0.25) is 9.59 Å². The summed E-state index contributed by atoms with van der Waals surface area (Å²) < 4.78 is 15.4. The summed E-state index contributed by atoms with van der Waals surface area (Å²) in [5.74, 6) is -0.0718. The molecule has 0 spiro atoms. The van der Waals surface area contributed by atoms with Gasteiger partial charge in [-0.05, 0) is 12.8 Å². The van der Waals surface area contributed by atoms with E-state index in [0.29, 0.717) is 32.9 Å². The third kappa shape index (κ3) is 3.91. The minimum Gasteiger partial charge on any atom is -0.469 e. The van der Waals surface area contributed by atoms with Crippen molar-refractivity contribution >= 4 is 11.9 Å². The van der Waals surface area contributed by atoms with E-state index in [0.717, 1.165) is 12.8 Å². The van der Waals surface area contributed by atoms with Crippen molar-refractivity contribution < 1.29 is 23.8 Å². The number of hydrogen-bond donors (Lipinski definition) is 0. The topological polar surface area (TPSA) is 65.1 Å². The average molecular weight is 271 g/mol. The maximum absolute atomic E-state index is 12.4. The molecule has 0 aromatic carbocycles. The Kier molecular flexibility index (Phi) is 5.15. The molecule has 1 amide bonds. The van der Waals surface area contributed by atoms with Crippen LogP contribution in [0.4, 0.5) is 0 Å². The number of esters is 1. The molecule has 0 aromatic heterocycles. The molecule has 1 atom stereocenters. The second kappa shape index (κ2) is 6.86. The number of methoxy groups -OCH3 is 1. The first-order valence-electron chi connectivity index (χ1n) is 6.75. The van der Waals surface area contributed by atoms with Crippen LogP contribution in [0.2, 0.25) is 0 Å². The maximum atomic E-state index is 12.4. The monoisotopic (exact) mass is 271 g/mol. The highest BCUT2D eigenvalue weighted by Gasteiger charge is 2.31. The van der Waals surface area contributed by atoms with E-state index in [9.17, 15) is 9.59 Å². The van der Waals surface area contributed by atoms with Gasteiger partial charge in [-0.15, -0.1) is 0 Å². The molecule has 19 heavy (non-hydrogen) atoms. The Hall–Kier alpha value is -1.14. The lowest BCUT2D eigenvalue weighted by Crippen LogP contribution is -2.49. The average Bonchev–Trinajstić information content (AvgIpc) is 2.47. The van der Waals surface area contributed by atoms with Crippen LogP contribution < -0.4 is 0 Å². The fraction of sp³-hybridized carbons (Fsp3) is 0.846. The zero-order valence-electron chi connectivity index (χ0n) is 11.3. The fourth-order valence-corrected chi connectivity index (χ4v) is 2.51. The number of hydrogen-bond acceptors (Lipinski definition) is 5. The SMILES string of the molecule is COC(=O)CC1CN(C(=O)C2CCOCC2)CCO1. The van der Waals surface area contributed by atoms with Crippen LogP contribution in [0, 0.1) is 5.92 Å². The lowest BCUT2D eigenvalue weighted by atomic mass is 9.98. The van der Waals surface area contributed by atoms with Gasteiger partial charge in [0.2, 0.25) is 5.91 Å². The molecule has 2 aliphatic heterocycles. The van der Waals surface area contributed by atoms with Gasteiger partial charge < -0.3 is 19.1 Å². The number of carbonyl (C=O) groups is 2. The van der Waals surface area contributed by atoms with Crippen molar-refractivity contribution in [2.24, 2.45) is 5.92 Å². The Morgan fingerprint density at radius 2 is 2.00 bits per heavy atom. The first-order valence-corrected chi connectivity index (χ1v) is 6.75. The highest BCUT2D eigenvalue weighted by molar-refractivity contribution is 5.79. The zero-order chi connectivity index (χ0) is 13.7. The van der Waals surface area contributed by atoms with E-state index in [-0.39, 0.29) is 30.3 Å². The molecular weight excluding hydrogens is 250 g/mol. The molecule has 6 nitrogen and oxygen atoms in total. The summed E-state index contributed by atoms with van der Waals surface area (Å²) in [5, 5.41) is 0. The highest BCUT2D eigenvalue weighted by Crippen LogP contribution is 2.20. The van der Waals surface area contributed by atoms with Gasteiger partial charge in [-0.25, -0.2) is 0 Å². The first-order chi connectivity index (χ1) is 9.20. The Morgan fingerprint density at radius 3 is 2.68 bits per heavy atom. The number of rotatable bonds is 3. The lowest BCUT2D eigenvalue weighted by molar-refractivity contribution is -0.153. The van der Waals surface area contributed by atoms with E-state index in [1.165, 1.54) is 7.11 Å². The van der Waals surface area contributed by atoms with Crippen molar-refractivity contribution in [1.82, 2.24) is 4.90 Å². The molecule has 0 bridgehead atoms. The number of morpholine rings is 1. The molecule has 0 aromatic rings. The summed E-state index contributed by atoms with van der Waals surface area (Å²) in [4.78, 5) is 25.4. The van der Waals surface area contributed by atoms with E-state index in [4.69, 9.17) is 9.47 Å². The number of nitrogens with zero attached hydrogens (tertiary/aromatic N) is 1. The van der Waals surface area contributed by atoms with Crippen LogP contribution in [-0.2, 0) is 23.8 Å². The number of ether oxygens (including phenoxy) is 3. The van der Waals surface area contributed by atoms with Crippen molar-refractivity contribution in [1.29, 1.82) is 0 Å². The van der Waals surface area contributed by atoms with Gasteiger partial charge in [-0.1, -0.05) is 0 Å². The van der Waals surface area contributed by atoms with E-state index < -0.39 is 0 Å². The van der Waals surface area contributed by atoms with Crippen molar-refractivity contribution in [3.8, 4) is 0 Å². The second-order valence-corrected chi connectivity index (χ2v) is 4.94. The maximum Gasteiger partial charge on any atom is 0.308 e. The quantitative estimate of drug-likeness (QED) is 0.686. The zero-order valence-corrected chi connectivity index (χ0v) is 11.3. The van der Waals surface area contributed by atoms with E-state index in [1.807, 2.05) is 4.90 Å². The van der Waals surface area contributed by atoms with Crippen LogP contribution in [0.5, 0.6) is 0 Å². The molecule has 0 saturated carbocycles. The number of carbonyl (C=O) groups excluding carboxylic acids is 2. The fourth-order valence-electron chi connectivity index (χ4n) is 2.51. The minimum atomic E-state index is -0.301. The number of amides is 1. The molecule has 2 aliphatic rings. The third-order valence-electron chi connectivity index (χ3n) is 3.64. The molecule has 2 heterocycles. The Morgan fingerprint density at radius 1 is 1.26 bits per heavy atom. The van der Waals surface area contributed by atoms with Crippen molar-refractivity contribution in [2.45, 2.75) is 25.4 Å². The van der Waals surface area contributed by atoms with E-state index in [2.05, 4.69) is 4.74 Å². The van der Waals surface area contributed by atoms with Gasteiger partial charge >= 0.3 is 5.97 Å². The van der Waals surface area contributed by atoms with Crippen molar-refractivity contribution in [3.63, 3.8) is 0 Å². The minimum absolute atomic E-state index is 0.0608.